The zero-order valence-electron chi connectivity index (χ0n) is 13.8. The number of nitrogens with zero attached hydrogens (tertiary/aromatic N) is 1. The molecular weight excluding hydrogens is 358 g/mol. The molecule has 1 aromatic carbocycles. The molecule has 25 heavy (non-hydrogen) atoms. The molecule has 1 aromatic rings. The summed E-state index contributed by atoms with van der Waals surface area (Å²) in [5.74, 6) is -1.11. The van der Waals surface area contributed by atoms with Crippen LogP contribution in [-0.4, -0.2) is 33.7 Å². The summed E-state index contributed by atoms with van der Waals surface area (Å²) in [6.45, 7) is 5.80. The van der Waals surface area contributed by atoms with Crippen LogP contribution in [0.2, 0.25) is 0 Å². The van der Waals surface area contributed by atoms with E-state index in [1.54, 1.807) is 18.2 Å². The molecule has 132 valence electrons. The van der Waals surface area contributed by atoms with Crippen molar-refractivity contribution in [2.75, 3.05) is 6.61 Å². The maximum absolute atomic E-state index is 12.7. The van der Waals surface area contributed by atoms with E-state index >= 15 is 0 Å². The molecule has 1 saturated heterocycles. The van der Waals surface area contributed by atoms with Gasteiger partial charge in [0, 0.05) is 5.56 Å². The lowest BCUT2D eigenvalue weighted by molar-refractivity contribution is -0.310. The molecule has 0 bridgehead atoms. The molecule has 5 nitrogen and oxygen atoms in total. The number of para-hydroxylation sites is 1. The Morgan fingerprint density at radius 1 is 1.48 bits per heavy atom. The summed E-state index contributed by atoms with van der Waals surface area (Å²) in [5, 5.41) is 11.4. The van der Waals surface area contributed by atoms with Crippen LogP contribution in [0.5, 0.6) is 5.75 Å². The molecule has 0 N–H and O–H groups in total. The largest absolute Gasteiger partial charge is 0.548 e. The summed E-state index contributed by atoms with van der Waals surface area (Å²) in [5.41, 5.74) is 0.713. The third kappa shape index (κ3) is 4.49. The monoisotopic (exact) mass is 376 g/mol. The number of carbonyl (C=O) groups excluding carboxylic acids is 2. The van der Waals surface area contributed by atoms with Gasteiger partial charge in [-0.25, -0.2) is 0 Å². The average molecular weight is 376 g/mol. The topological polar surface area (TPSA) is 69.7 Å². The quantitative estimate of drug-likeness (QED) is 0.394. The number of rotatable bonds is 8. The second-order valence-electron chi connectivity index (χ2n) is 5.31. The number of benzene rings is 1. The number of thioether (sulfide) groups is 1. The zero-order chi connectivity index (χ0) is 18.4. The van der Waals surface area contributed by atoms with Crippen molar-refractivity contribution in [2.45, 2.75) is 25.8 Å². The average Bonchev–Trinajstić information content (AvgIpc) is 2.85. The zero-order valence-corrected chi connectivity index (χ0v) is 15.4. The Hall–Kier alpha value is -2.12. The van der Waals surface area contributed by atoms with Gasteiger partial charge >= 0.3 is 0 Å². The fraction of sp³-hybridized carbons (Fsp3) is 0.278. The van der Waals surface area contributed by atoms with Crippen molar-refractivity contribution in [3.8, 4) is 5.75 Å². The standard InChI is InChI=1S/C18H19NO4S2/c1-3-7-13(17(21)22)19-16(20)15(25-18(19)24)11-12-8-5-6-9-14(12)23-10-4-2/h4-6,8-9,11,13H,2-3,7,10H2,1H3,(H,21,22)/p-1/b15-11-/t13-/m1/s1. The lowest BCUT2D eigenvalue weighted by atomic mass is 10.1. The smallest absolute Gasteiger partial charge is 0.266 e. The fourth-order valence-corrected chi connectivity index (χ4v) is 3.74. The Morgan fingerprint density at radius 3 is 2.84 bits per heavy atom. The second-order valence-corrected chi connectivity index (χ2v) is 6.99. The van der Waals surface area contributed by atoms with Gasteiger partial charge in [0.1, 0.15) is 16.7 Å². The Bertz CT molecular complexity index is 730. The third-order valence-corrected chi connectivity index (χ3v) is 4.86. The number of carboxylic acids is 1. The Morgan fingerprint density at radius 2 is 2.20 bits per heavy atom. The molecule has 0 spiro atoms. The molecule has 1 atom stereocenters. The highest BCUT2D eigenvalue weighted by atomic mass is 32.2. The van der Waals surface area contributed by atoms with Crippen molar-refractivity contribution in [3.05, 3.63) is 47.4 Å². The summed E-state index contributed by atoms with van der Waals surface area (Å²) in [6.07, 6.45) is 4.19. The van der Waals surface area contributed by atoms with E-state index in [0.29, 0.717) is 35.7 Å². The molecule has 0 radical (unpaired) electrons. The number of hydrogen-bond acceptors (Lipinski definition) is 6. The number of hydrogen-bond donors (Lipinski definition) is 0. The first-order valence-electron chi connectivity index (χ1n) is 7.80. The maximum atomic E-state index is 12.7. The van der Waals surface area contributed by atoms with Crippen molar-refractivity contribution in [1.82, 2.24) is 4.90 Å². The Kier molecular flexibility index (Phi) is 6.78. The van der Waals surface area contributed by atoms with Gasteiger partial charge in [-0.15, -0.1) is 0 Å². The molecule has 0 unspecified atom stereocenters. The predicted octanol–water partition coefficient (Wildman–Crippen LogP) is 2.37. The Balaban J connectivity index is 2.31. The molecule has 0 aromatic heterocycles. The molecule has 0 saturated carbocycles. The van der Waals surface area contributed by atoms with Gasteiger partial charge in [0.05, 0.1) is 16.9 Å². The van der Waals surface area contributed by atoms with Crippen LogP contribution in [0.4, 0.5) is 0 Å². The van der Waals surface area contributed by atoms with Gasteiger partial charge in [-0.05, 0) is 18.6 Å². The van der Waals surface area contributed by atoms with Crippen molar-refractivity contribution in [1.29, 1.82) is 0 Å². The molecule has 7 heteroatoms. The van der Waals surface area contributed by atoms with Crippen molar-refractivity contribution in [3.63, 3.8) is 0 Å². The second kappa shape index (κ2) is 8.82. The molecule has 1 amide bonds. The third-order valence-electron chi connectivity index (χ3n) is 3.53. The van der Waals surface area contributed by atoms with E-state index in [2.05, 4.69) is 6.58 Å². The maximum Gasteiger partial charge on any atom is 0.266 e. The minimum Gasteiger partial charge on any atom is -0.548 e. The van der Waals surface area contributed by atoms with Crippen LogP contribution >= 0.6 is 24.0 Å². The highest BCUT2D eigenvalue weighted by Crippen LogP contribution is 2.36. The number of carbonyl (C=O) groups is 2. The number of carboxylic acid groups (broad SMARTS) is 1. The lowest BCUT2D eigenvalue weighted by Crippen LogP contribution is -2.49. The minimum atomic E-state index is -1.30. The van der Waals surface area contributed by atoms with E-state index < -0.39 is 17.9 Å². The number of amides is 1. The molecule has 1 aliphatic heterocycles. The SMILES string of the molecule is C=CCOc1ccccc1/C=C1\SC(=S)N([C@H](CCC)C(=O)[O-])C1=O. The molecular formula is C18H18NO4S2-. The van der Waals surface area contributed by atoms with Gasteiger partial charge in [-0.2, -0.15) is 0 Å². The van der Waals surface area contributed by atoms with Gasteiger partial charge < -0.3 is 14.6 Å². The van der Waals surface area contributed by atoms with Crippen LogP contribution in [0.3, 0.4) is 0 Å². The summed E-state index contributed by atoms with van der Waals surface area (Å²) in [4.78, 5) is 25.5. The molecule has 1 heterocycles. The van der Waals surface area contributed by atoms with Gasteiger partial charge in [0.25, 0.3) is 5.91 Å². The minimum absolute atomic E-state index is 0.225. The predicted molar refractivity (Wildman–Crippen MR) is 101 cm³/mol. The van der Waals surface area contributed by atoms with Crippen LogP contribution in [0.25, 0.3) is 6.08 Å². The normalized spacial score (nSPS) is 17.0. The van der Waals surface area contributed by atoms with Crippen LogP contribution < -0.4 is 9.84 Å². The van der Waals surface area contributed by atoms with E-state index in [4.69, 9.17) is 17.0 Å². The van der Waals surface area contributed by atoms with Gasteiger partial charge in [-0.1, -0.05) is 68.2 Å². The van der Waals surface area contributed by atoms with E-state index in [0.717, 1.165) is 16.7 Å². The first kappa shape index (κ1) is 19.2. The van der Waals surface area contributed by atoms with E-state index in [1.165, 1.54) is 0 Å². The molecule has 2 rings (SSSR count). The van der Waals surface area contributed by atoms with Crippen molar-refractivity contribution < 1.29 is 19.4 Å². The van der Waals surface area contributed by atoms with Gasteiger partial charge in [-0.3, -0.25) is 9.69 Å². The van der Waals surface area contributed by atoms with Gasteiger partial charge in [0.2, 0.25) is 0 Å². The number of thiocarbonyl (C=S) groups is 1. The lowest BCUT2D eigenvalue weighted by Gasteiger charge is -2.27. The number of aliphatic carboxylic acids is 1. The summed E-state index contributed by atoms with van der Waals surface area (Å²) in [7, 11) is 0. The highest BCUT2D eigenvalue weighted by molar-refractivity contribution is 8.26. The molecule has 0 aliphatic carbocycles. The first-order chi connectivity index (χ1) is 12.0. The van der Waals surface area contributed by atoms with Gasteiger partial charge in [0.15, 0.2) is 0 Å². The van der Waals surface area contributed by atoms with E-state index in [-0.39, 0.29) is 4.32 Å². The highest BCUT2D eigenvalue weighted by Gasteiger charge is 2.37. The van der Waals surface area contributed by atoms with Crippen LogP contribution in [0, 0.1) is 0 Å². The van der Waals surface area contributed by atoms with E-state index in [9.17, 15) is 14.7 Å². The van der Waals surface area contributed by atoms with Crippen LogP contribution in [0.1, 0.15) is 25.3 Å². The Labute approximate surface area is 156 Å². The summed E-state index contributed by atoms with van der Waals surface area (Å²) < 4.78 is 5.80. The van der Waals surface area contributed by atoms with Crippen molar-refractivity contribution in [2.24, 2.45) is 0 Å². The number of ether oxygens (including phenoxy) is 1. The molecule has 1 aliphatic rings. The summed E-state index contributed by atoms with van der Waals surface area (Å²) >= 11 is 6.30. The van der Waals surface area contributed by atoms with Crippen molar-refractivity contribution >= 4 is 46.3 Å². The van der Waals surface area contributed by atoms with Crippen LogP contribution in [0.15, 0.2) is 41.8 Å². The van der Waals surface area contributed by atoms with Crippen LogP contribution in [-0.2, 0) is 9.59 Å². The first-order valence-corrected chi connectivity index (χ1v) is 9.02. The van der Waals surface area contributed by atoms with E-state index in [1.807, 2.05) is 25.1 Å². The summed E-state index contributed by atoms with van der Waals surface area (Å²) in [6, 6.07) is 6.21. The fourth-order valence-electron chi connectivity index (χ4n) is 2.40. The molecule has 1 fully saturated rings.